The molecule has 0 fully saturated rings. The summed E-state index contributed by atoms with van der Waals surface area (Å²) >= 11 is 1.62. The molecule has 1 amide bonds. The van der Waals surface area contributed by atoms with E-state index in [4.69, 9.17) is 5.11 Å². The molecule has 4 nitrogen and oxygen atoms in total. The van der Waals surface area contributed by atoms with Gasteiger partial charge >= 0.3 is 0 Å². The van der Waals surface area contributed by atoms with Gasteiger partial charge in [-0.05, 0) is 34.9 Å². The maximum absolute atomic E-state index is 12.0. The van der Waals surface area contributed by atoms with Crippen LogP contribution < -0.4 is 5.32 Å². The highest BCUT2D eigenvalue weighted by Crippen LogP contribution is 2.13. The van der Waals surface area contributed by atoms with E-state index in [2.05, 4.69) is 22.1 Å². The Balaban J connectivity index is 2.04. The number of pyridine rings is 1. The van der Waals surface area contributed by atoms with Gasteiger partial charge in [-0.2, -0.15) is 11.3 Å². The molecule has 0 spiro atoms. The quantitative estimate of drug-likeness (QED) is 0.845. The standard InChI is InChI=1S/C15H14N2O2S/c1-11-9-20-10-14(11)8-17-15(19)13-5-12(3-2-4-18)6-16-7-13/h5-7,9-10,18H,4,8H2,1H3,(H,17,19). The van der Waals surface area contributed by atoms with Crippen LogP contribution >= 0.6 is 11.3 Å². The first-order valence-corrected chi connectivity index (χ1v) is 6.99. The highest BCUT2D eigenvalue weighted by atomic mass is 32.1. The van der Waals surface area contributed by atoms with Crippen molar-refractivity contribution in [1.29, 1.82) is 0 Å². The van der Waals surface area contributed by atoms with Crippen LogP contribution in [0.2, 0.25) is 0 Å². The van der Waals surface area contributed by atoms with Crippen LogP contribution in [0.15, 0.2) is 29.2 Å². The maximum Gasteiger partial charge on any atom is 0.253 e. The topological polar surface area (TPSA) is 62.2 Å². The number of aliphatic hydroxyl groups excluding tert-OH is 1. The van der Waals surface area contributed by atoms with E-state index >= 15 is 0 Å². The number of amides is 1. The summed E-state index contributed by atoms with van der Waals surface area (Å²) < 4.78 is 0. The lowest BCUT2D eigenvalue weighted by Crippen LogP contribution is -2.23. The fourth-order valence-corrected chi connectivity index (χ4v) is 2.48. The molecule has 0 aliphatic carbocycles. The number of thiophene rings is 1. The molecule has 0 atom stereocenters. The van der Waals surface area contributed by atoms with Crippen LogP contribution in [-0.4, -0.2) is 22.6 Å². The predicted octanol–water partition coefficient (Wildman–Crippen LogP) is 1.73. The number of nitrogens with zero attached hydrogens (tertiary/aromatic N) is 1. The molecule has 0 radical (unpaired) electrons. The summed E-state index contributed by atoms with van der Waals surface area (Å²) in [5.74, 6) is 5.07. The van der Waals surface area contributed by atoms with Crippen LogP contribution in [0.4, 0.5) is 0 Å². The molecular weight excluding hydrogens is 272 g/mol. The van der Waals surface area contributed by atoms with Crippen LogP contribution in [0, 0.1) is 18.8 Å². The first kappa shape index (κ1) is 14.3. The minimum atomic E-state index is -0.214. The number of hydrogen-bond acceptors (Lipinski definition) is 4. The van der Waals surface area contributed by atoms with E-state index in [0.29, 0.717) is 17.7 Å². The summed E-state index contributed by atoms with van der Waals surface area (Å²) in [4.78, 5) is 16.0. The fraction of sp³-hybridized carbons (Fsp3) is 0.200. The van der Waals surface area contributed by atoms with Crippen molar-refractivity contribution in [2.24, 2.45) is 0 Å². The monoisotopic (exact) mass is 286 g/mol. The Hall–Kier alpha value is -2.16. The molecule has 0 aliphatic heterocycles. The van der Waals surface area contributed by atoms with Gasteiger partial charge in [0.05, 0.1) is 5.56 Å². The molecule has 0 saturated carbocycles. The normalized spacial score (nSPS) is 9.70. The summed E-state index contributed by atoms with van der Waals surface area (Å²) in [6.07, 6.45) is 3.06. The smallest absolute Gasteiger partial charge is 0.253 e. The average Bonchev–Trinajstić information content (AvgIpc) is 2.88. The van der Waals surface area contributed by atoms with Crippen LogP contribution in [0.25, 0.3) is 0 Å². The zero-order valence-electron chi connectivity index (χ0n) is 11.0. The highest BCUT2D eigenvalue weighted by Gasteiger charge is 2.07. The molecule has 0 bridgehead atoms. The molecule has 5 heteroatoms. The number of nitrogens with one attached hydrogen (secondary N) is 1. The number of aliphatic hydroxyl groups is 1. The maximum atomic E-state index is 12.0. The number of rotatable bonds is 3. The van der Waals surface area contributed by atoms with Gasteiger partial charge in [-0.25, -0.2) is 0 Å². The first-order chi connectivity index (χ1) is 9.70. The number of carbonyl (C=O) groups excluding carboxylic acids is 1. The predicted molar refractivity (Wildman–Crippen MR) is 78.4 cm³/mol. The highest BCUT2D eigenvalue weighted by molar-refractivity contribution is 7.08. The van der Waals surface area contributed by atoms with Crippen molar-refractivity contribution in [3.05, 3.63) is 51.5 Å². The lowest BCUT2D eigenvalue weighted by atomic mass is 10.2. The Morgan fingerprint density at radius 1 is 1.45 bits per heavy atom. The van der Waals surface area contributed by atoms with E-state index in [1.165, 1.54) is 11.8 Å². The molecule has 0 saturated heterocycles. The molecule has 0 aliphatic rings. The third kappa shape index (κ3) is 3.67. The lowest BCUT2D eigenvalue weighted by Gasteiger charge is -2.05. The number of aryl methyl sites for hydroxylation is 1. The van der Waals surface area contributed by atoms with Gasteiger partial charge in [0.2, 0.25) is 0 Å². The molecular formula is C15H14N2O2S. The van der Waals surface area contributed by atoms with Crippen molar-refractivity contribution in [3.8, 4) is 11.8 Å². The zero-order valence-corrected chi connectivity index (χ0v) is 11.8. The fourth-order valence-electron chi connectivity index (χ4n) is 1.62. The SMILES string of the molecule is Cc1cscc1CNC(=O)c1cncc(C#CCO)c1. The number of carbonyl (C=O) groups is 1. The van der Waals surface area contributed by atoms with E-state index in [0.717, 1.165) is 5.56 Å². The second kappa shape index (κ2) is 6.85. The Bertz CT molecular complexity index is 668. The number of hydrogen-bond donors (Lipinski definition) is 2. The second-order valence-corrected chi connectivity index (χ2v) is 4.93. The van der Waals surface area contributed by atoms with E-state index in [9.17, 15) is 4.79 Å². The largest absolute Gasteiger partial charge is 0.384 e. The third-order valence-corrected chi connectivity index (χ3v) is 3.62. The van der Waals surface area contributed by atoms with Crippen molar-refractivity contribution in [2.75, 3.05) is 6.61 Å². The summed E-state index contributed by atoms with van der Waals surface area (Å²) in [5, 5.41) is 15.6. The average molecular weight is 286 g/mol. The molecule has 2 aromatic rings. The minimum Gasteiger partial charge on any atom is -0.384 e. The van der Waals surface area contributed by atoms with Gasteiger partial charge in [0.1, 0.15) is 6.61 Å². The summed E-state index contributed by atoms with van der Waals surface area (Å²) in [6.45, 7) is 2.30. The van der Waals surface area contributed by atoms with Crippen LogP contribution in [0.3, 0.4) is 0 Å². The van der Waals surface area contributed by atoms with Gasteiger partial charge in [0.25, 0.3) is 5.91 Å². The molecule has 2 N–H and O–H groups in total. The van der Waals surface area contributed by atoms with Crippen molar-refractivity contribution in [2.45, 2.75) is 13.5 Å². The van der Waals surface area contributed by atoms with Crippen molar-refractivity contribution in [3.63, 3.8) is 0 Å². The molecule has 0 aromatic carbocycles. The van der Waals surface area contributed by atoms with Gasteiger partial charge < -0.3 is 10.4 Å². The first-order valence-electron chi connectivity index (χ1n) is 6.05. The van der Waals surface area contributed by atoms with Crippen molar-refractivity contribution < 1.29 is 9.90 Å². The van der Waals surface area contributed by atoms with Gasteiger partial charge in [0, 0.05) is 24.5 Å². The lowest BCUT2D eigenvalue weighted by molar-refractivity contribution is 0.0950. The van der Waals surface area contributed by atoms with E-state index in [1.54, 1.807) is 23.6 Å². The second-order valence-electron chi connectivity index (χ2n) is 4.18. The molecule has 102 valence electrons. The van der Waals surface area contributed by atoms with Gasteiger partial charge in [-0.15, -0.1) is 0 Å². The molecule has 2 rings (SSSR count). The Kier molecular flexibility index (Phi) is 4.88. The summed E-state index contributed by atoms with van der Waals surface area (Å²) in [6, 6.07) is 1.66. The van der Waals surface area contributed by atoms with Gasteiger partial charge in [-0.1, -0.05) is 11.8 Å². The zero-order chi connectivity index (χ0) is 14.4. The van der Waals surface area contributed by atoms with Crippen molar-refractivity contribution >= 4 is 17.2 Å². The Morgan fingerprint density at radius 2 is 2.30 bits per heavy atom. The van der Waals surface area contributed by atoms with Gasteiger partial charge in [-0.3, -0.25) is 9.78 Å². The van der Waals surface area contributed by atoms with E-state index < -0.39 is 0 Å². The van der Waals surface area contributed by atoms with Gasteiger partial charge in [0.15, 0.2) is 0 Å². The molecule has 20 heavy (non-hydrogen) atoms. The molecule has 0 unspecified atom stereocenters. The Morgan fingerprint density at radius 3 is 3.00 bits per heavy atom. The van der Waals surface area contributed by atoms with Crippen molar-refractivity contribution in [1.82, 2.24) is 10.3 Å². The number of aromatic nitrogens is 1. The minimum absolute atomic E-state index is 0.184. The summed E-state index contributed by atoms with van der Waals surface area (Å²) in [7, 11) is 0. The third-order valence-electron chi connectivity index (χ3n) is 2.71. The van der Waals surface area contributed by atoms with E-state index in [-0.39, 0.29) is 12.5 Å². The molecule has 2 heterocycles. The molecule has 2 aromatic heterocycles. The van der Waals surface area contributed by atoms with Crippen LogP contribution in [0.5, 0.6) is 0 Å². The van der Waals surface area contributed by atoms with E-state index in [1.807, 2.05) is 17.7 Å². The Labute approximate surface area is 121 Å². The van der Waals surface area contributed by atoms with Crippen LogP contribution in [0.1, 0.15) is 27.0 Å². The summed E-state index contributed by atoms with van der Waals surface area (Å²) in [5.41, 5.74) is 3.37. The van der Waals surface area contributed by atoms with Crippen LogP contribution in [-0.2, 0) is 6.54 Å².